The van der Waals surface area contributed by atoms with Crippen molar-refractivity contribution < 1.29 is 14.3 Å². The van der Waals surface area contributed by atoms with Crippen molar-refractivity contribution in [1.82, 2.24) is 4.90 Å². The van der Waals surface area contributed by atoms with Crippen molar-refractivity contribution in [3.05, 3.63) is 46.1 Å². The van der Waals surface area contributed by atoms with Gasteiger partial charge in [-0.15, -0.1) is 0 Å². The number of amidine groups is 1. The van der Waals surface area contributed by atoms with Gasteiger partial charge in [-0.05, 0) is 45.0 Å². The van der Waals surface area contributed by atoms with E-state index in [-0.39, 0.29) is 22.7 Å². The number of allylic oxidation sites excluding steroid dienone is 1. The largest absolute Gasteiger partial charge is 0.454 e. The molecule has 1 aliphatic rings. The van der Waals surface area contributed by atoms with Crippen LogP contribution in [0.1, 0.15) is 30.1 Å². The van der Waals surface area contributed by atoms with E-state index in [9.17, 15) is 9.59 Å². The molecule has 0 amide bonds. The first-order valence-corrected chi connectivity index (χ1v) is 9.21. The summed E-state index contributed by atoms with van der Waals surface area (Å²) < 4.78 is 5.08. The van der Waals surface area contributed by atoms with Gasteiger partial charge in [-0.25, -0.2) is 4.79 Å². The summed E-state index contributed by atoms with van der Waals surface area (Å²) in [6, 6.07) is 6.55. The molecule has 0 radical (unpaired) electrons. The van der Waals surface area contributed by atoms with E-state index in [1.165, 1.54) is 19.8 Å². The van der Waals surface area contributed by atoms with E-state index in [1.807, 2.05) is 0 Å². The van der Waals surface area contributed by atoms with Crippen LogP contribution in [0.4, 0.5) is 0 Å². The van der Waals surface area contributed by atoms with E-state index in [4.69, 9.17) is 27.8 Å². The van der Waals surface area contributed by atoms with Gasteiger partial charge in [-0.3, -0.25) is 9.79 Å². The highest BCUT2D eigenvalue weighted by Gasteiger charge is 2.20. The highest BCUT2D eigenvalue weighted by atomic mass is 35.5. The SMILES string of the molecule is CC(N)=C(C(=O)OCC(=O)c1ccccc1Cl)C(N)=NCCN1CCCC1. The minimum absolute atomic E-state index is 0.0108. The molecule has 1 heterocycles. The summed E-state index contributed by atoms with van der Waals surface area (Å²) in [4.78, 5) is 31.1. The van der Waals surface area contributed by atoms with Crippen LogP contribution in [0.15, 0.2) is 40.5 Å². The van der Waals surface area contributed by atoms with E-state index in [0.29, 0.717) is 11.6 Å². The number of ether oxygens (including phenoxy) is 1. The third kappa shape index (κ3) is 6.08. The third-order valence-electron chi connectivity index (χ3n) is 4.26. The number of rotatable bonds is 8. The molecule has 0 atom stereocenters. The first-order chi connectivity index (χ1) is 12.9. The van der Waals surface area contributed by atoms with Crippen LogP contribution in [-0.4, -0.2) is 55.3 Å². The van der Waals surface area contributed by atoms with Gasteiger partial charge in [0, 0.05) is 17.8 Å². The first kappa shape index (κ1) is 20.9. The van der Waals surface area contributed by atoms with Crippen LogP contribution >= 0.6 is 11.6 Å². The van der Waals surface area contributed by atoms with E-state index in [0.717, 1.165) is 19.6 Å². The summed E-state index contributed by atoms with van der Waals surface area (Å²) in [5.74, 6) is -1.17. The van der Waals surface area contributed by atoms with Gasteiger partial charge in [0.15, 0.2) is 6.61 Å². The topological polar surface area (TPSA) is 111 Å². The Balaban J connectivity index is 1.95. The van der Waals surface area contributed by atoms with Gasteiger partial charge < -0.3 is 21.1 Å². The molecule has 146 valence electrons. The molecule has 1 aromatic carbocycles. The normalized spacial score (nSPS) is 16.1. The highest BCUT2D eigenvalue weighted by molar-refractivity contribution is 6.34. The van der Waals surface area contributed by atoms with E-state index < -0.39 is 18.4 Å². The number of halogens is 1. The van der Waals surface area contributed by atoms with Gasteiger partial charge >= 0.3 is 5.97 Å². The van der Waals surface area contributed by atoms with Gasteiger partial charge in [-0.1, -0.05) is 23.7 Å². The highest BCUT2D eigenvalue weighted by Crippen LogP contribution is 2.16. The number of nitrogens with two attached hydrogens (primary N) is 2. The van der Waals surface area contributed by atoms with Gasteiger partial charge in [-0.2, -0.15) is 0 Å². The lowest BCUT2D eigenvalue weighted by atomic mass is 10.1. The average molecular weight is 393 g/mol. The lowest BCUT2D eigenvalue weighted by Crippen LogP contribution is -2.29. The van der Waals surface area contributed by atoms with Gasteiger partial charge in [0.1, 0.15) is 11.4 Å². The zero-order valence-corrected chi connectivity index (χ0v) is 16.2. The lowest BCUT2D eigenvalue weighted by Gasteiger charge is -2.13. The maximum Gasteiger partial charge on any atom is 0.344 e. The van der Waals surface area contributed by atoms with Crippen molar-refractivity contribution in [1.29, 1.82) is 0 Å². The monoisotopic (exact) mass is 392 g/mol. The molecule has 1 saturated heterocycles. The fraction of sp³-hybridized carbons (Fsp3) is 0.421. The molecule has 27 heavy (non-hydrogen) atoms. The summed E-state index contributed by atoms with van der Waals surface area (Å²) in [5, 5.41) is 0.298. The quantitative estimate of drug-likeness (QED) is 0.229. The number of benzene rings is 1. The Morgan fingerprint density at radius 3 is 2.52 bits per heavy atom. The van der Waals surface area contributed by atoms with Crippen LogP contribution in [0.2, 0.25) is 5.02 Å². The summed E-state index contributed by atoms with van der Waals surface area (Å²) in [6.45, 7) is 4.43. The Kier molecular flexibility index (Phi) is 7.82. The minimum Gasteiger partial charge on any atom is -0.454 e. The Labute approximate surface area is 164 Å². The fourth-order valence-electron chi connectivity index (χ4n) is 2.83. The summed E-state index contributed by atoms with van der Waals surface area (Å²) in [5.41, 5.74) is 12.2. The number of hydrogen-bond acceptors (Lipinski definition) is 6. The van der Waals surface area contributed by atoms with Crippen molar-refractivity contribution in [2.75, 3.05) is 32.8 Å². The lowest BCUT2D eigenvalue weighted by molar-refractivity contribution is -0.137. The van der Waals surface area contributed by atoms with Crippen LogP contribution in [0, 0.1) is 0 Å². The second-order valence-corrected chi connectivity index (χ2v) is 6.76. The van der Waals surface area contributed by atoms with Gasteiger partial charge in [0.2, 0.25) is 5.78 Å². The number of aliphatic imine (C=N–C) groups is 1. The molecule has 2 rings (SSSR count). The molecule has 0 aromatic heterocycles. The fourth-order valence-corrected chi connectivity index (χ4v) is 3.07. The van der Waals surface area contributed by atoms with Gasteiger partial charge in [0.25, 0.3) is 0 Å². The van der Waals surface area contributed by atoms with E-state index in [2.05, 4.69) is 9.89 Å². The second-order valence-electron chi connectivity index (χ2n) is 6.35. The standard InChI is InChI=1S/C19H25ClN4O3/c1-13(21)17(18(22)23-8-11-24-9-4-5-10-24)19(26)27-12-16(25)14-6-2-3-7-15(14)20/h2-3,6-7H,4-5,8-12,21H2,1H3,(H2,22,23). The predicted molar refractivity (Wildman–Crippen MR) is 106 cm³/mol. The molecule has 0 saturated carbocycles. The zero-order valence-electron chi connectivity index (χ0n) is 15.4. The van der Waals surface area contributed by atoms with Crippen molar-refractivity contribution in [2.45, 2.75) is 19.8 Å². The van der Waals surface area contributed by atoms with Crippen molar-refractivity contribution in [3.63, 3.8) is 0 Å². The van der Waals surface area contributed by atoms with E-state index in [1.54, 1.807) is 24.3 Å². The number of likely N-dealkylation sites (tertiary alicyclic amines) is 1. The molecule has 1 fully saturated rings. The van der Waals surface area contributed by atoms with E-state index >= 15 is 0 Å². The van der Waals surface area contributed by atoms with Crippen LogP contribution in [-0.2, 0) is 9.53 Å². The molecule has 0 bridgehead atoms. The molecule has 8 heteroatoms. The molecule has 0 unspecified atom stereocenters. The number of Topliss-reactive ketones (excluding diaryl/α,β-unsaturated/α-hetero) is 1. The molecule has 1 aliphatic heterocycles. The maximum atomic E-state index is 12.3. The molecule has 0 spiro atoms. The maximum absolute atomic E-state index is 12.3. The van der Waals surface area contributed by atoms with Crippen LogP contribution in [0.3, 0.4) is 0 Å². The Hall–Kier alpha value is -2.38. The smallest absolute Gasteiger partial charge is 0.344 e. The number of ketones is 1. The van der Waals surface area contributed by atoms with Crippen molar-refractivity contribution in [2.24, 2.45) is 16.5 Å². The number of esters is 1. The molecular weight excluding hydrogens is 368 g/mol. The third-order valence-corrected chi connectivity index (χ3v) is 4.59. The van der Waals surface area contributed by atoms with Crippen molar-refractivity contribution >= 4 is 29.2 Å². The van der Waals surface area contributed by atoms with Crippen LogP contribution in [0.25, 0.3) is 0 Å². The summed E-state index contributed by atoms with van der Waals surface area (Å²) in [6.07, 6.45) is 2.39. The predicted octanol–water partition coefficient (Wildman–Crippen LogP) is 1.75. The average Bonchev–Trinajstić information content (AvgIpc) is 3.13. The van der Waals surface area contributed by atoms with Crippen LogP contribution in [0.5, 0.6) is 0 Å². The molecule has 1 aromatic rings. The Morgan fingerprint density at radius 2 is 1.89 bits per heavy atom. The molecule has 0 aliphatic carbocycles. The zero-order chi connectivity index (χ0) is 19.8. The Morgan fingerprint density at radius 1 is 1.22 bits per heavy atom. The number of hydrogen-bond donors (Lipinski definition) is 2. The number of nitrogens with zero attached hydrogens (tertiary/aromatic N) is 2. The van der Waals surface area contributed by atoms with Gasteiger partial charge in [0.05, 0.1) is 11.6 Å². The van der Waals surface area contributed by atoms with Crippen molar-refractivity contribution in [3.8, 4) is 0 Å². The minimum atomic E-state index is -0.780. The molecule has 4 N–H and O–H groups in total. The second kappa shape index (κ2) is 10.1. The first-order valence-electron chi connectivity index (χ1n) is 8.84. The number of carbonyl (C=O) groups is 2. The molecule has 7 nitrogen and oxygen atoms in total. The van der Waals surface area contributed by atoms with Crippen LogP contribution < -0.4 is 11.5 Å². The Bertz CT molecular complexity index is 751. The molecular formula is C19H25ClN4O3. The number of carbonyl (C=O) groups excluding carboxylic acids is 2. The summed E-state index contributed by atoms with van der Waals surface area (Å²) >= 11 is 5.98. The summed E-state index contributed by atoms with van der Waals surface area (Å²) in [7, 11) is 0.